The lowest BCUT2D eigenvalue weighted by Gasteiger charge is -2.10. The first-order chi connectivity index (χ1) is 8.58. The molecule has 0 radical (unpaired) electrons. The summed E-state index contributed by atoms with van der Waals surface area (Å²) in [5.41, 5.74) is 0. The van der Waals surface area contributed by atoms with Crippen molar-refractivity contribution in [3.05, 3.63) is 45.3 Å². The zero-order valence-corrected chi connectivity index (χ0v) is 12.3. The van der Waals surface area contributed by atoms with Gasteiger partial charge < -0.3 is 10.2 Å². The second kappa shape index (κ2) is 4.14. The number of rotatable bonds is 0. The van der Waals surface area contributed by atoms with Crippen LogP contribution in [0.3, 0.4) is 0 Å². The van der Waals surface area contributed by atoms with E-state index in [2.05, 4.69) is 31.9 Å². The van der Waals surface area contributed by atoms with E-state index in [1.54, 1.807) is 24.3 Å². The van der Waals surface area contributed by atoms with Gasteiger partial charge in [0.05, 0.1) is 0 Å². The van der Waals surface area contributed by atoms with Crippen molar-refractivity contribution in [3.8, 4) is 11.5 Å². The number of hydrogen-bond donors (Lipinski definition) is 2. The standard InChI is InChI=1S/C14H8Br2O2/c15-13-11-5-7(17)1-3-9(11)10-4-2-8(18)6-12(10)14(13)16/h1-6,17-18H. The van der Waals surface area contributed by atoms with Crippen LogP contribution in [-0.4, -0.2) is 10.2 Å². The smallest absolute Gasteiger partial charge is 0.116 e. The quantitative estimate of drug-likeness (QED) is 0.553. The topological polar surface area (TPSA) is 40.5 Å². The Labute approximate surface area is 120 Å². The van der Waals surface area contributed by atoms with Gasteiger partial charge in [0.1, 0.15) is 11.5 Å². The van der Waals surface area contributed by atoms with E-state index in [-0.39, 0.29) is 11.5 Å². The fourth-order valence-electron chi connectivity index (χ4n) is 2.13. The van der Waals surface area contributed by atoms with Gasteiger partial charge in [-0.25, -0.2) is 0 Å². The van der Waals surface area contributed by atoms with E-state index in [1.165, 1.54) is 0 Å². The SMILES string of the molecule is Oc1ccc2c(c1)c(Br)c(Br)c1cc(O)ccc12. The zero-order valence-electron chi connectivity index (χ0n) is 9.11. The number of hydrogen-bond acceptors (Lipinski definition) is 2. The van der Waals surface area contributed by atoms with Crippen molar-refractivity contribution in [2.45, 2.75) is 0 Å². The van der Waals surface area contributed by atoms with Crippen molar-refractivity contribution < 1.29 is 10.2 Å². The number of phenols is 2. The molecule has 2 N–H and O–H groups in total. The molecule has 18 heavy (non-hydrogen) atoms. The molecule has 3 rings (SSSR count). The highest BCUT2D eigenvalue weighted by Crippen LogP contribution is 2.41. The minimum Gasteiger partial charge on any atom is -0.508 e. The van der Waals surface area contributed by atoms with Crippen molar-refractivity contribution in [1.82, 2.24) is 0 Å². The van der Waals surface area contributed by atoms with Gasteiger partial charge in [-0.15, -0.1) is 0 Å². The Morgan fingerprint density at radius 2 is 1.00 bits per heavy atom. The van der Waals surface area contributed by atoms with E-state index >= 15 is 0 Å². The van der Waals surface area contributed by atoms with Crippen LogP contribution in [-0.2, 0) is 0 Å². The lowest BCUT2D eigenvalue weighted by molar-refractivity contribution is 0.475. The number of fused-ring (bicyclic) bond motifs is 3. The van der Waals surface area contributed by atoms with Gasteiger partial charge in [-0.1, -0.05) is 12.1 Å². The molecule has 0 aliphatic heterocycles. The van der Waals surface area contributed by atoms with Gasteiger partial charge in [0.2, 0.25) is 0 Å². The molecular formula is C14H8Br2O2. The molecule has 2 nitrogen and oxygen atoms in total. The highest BCUT2D eigenvalue weighted by molar-refractivity contribution is 9.13. The summed E-state index contributed by atoms with van der Waals surface area (Å²) in [5, 5.41) is 23.1. The third-order valence-corrected chi connectivity index (χ3v) is 5.14. The molecule has 90 valence electrons. The Morgan fingerprint density at radius 1 is 0.611 bits per heavy atom. The largest absolute Gasteiger partial charge is 0.508 e. The van der Waals surface area contributed by atoms with Crippen LogP contribution in [0.25, 0.3) is 21.5 Å². The molecule has 0 aliphatic carbocycles. The number of phenolic OH excluding ortho intramolecular Hbond substituents is 2. The molecule has 0 atom stereocenters. The van der Waals surface area contributed by atoms with E-state index in [0.29, 0.717) is 0 Å². The third-order valence-electron chi connectivity index (χ3n) is 2.96. The molecule has 0 aliphatic rings. The first kappa shape index (κ1) is 11.8. The van der Waals surface area contributed by atoms with E-state index in [9.17, 15) is 10.2 Å². The maximum atomic E-state index is 9.59. The summed E-state index contributed by atoms with van der Waals surface area (Å²) in [4.78, 5) is 0. The fraction of sp³-hybridized carbons (Fsp3) is 0. The molecule has 0 aromatic heterocycles. The average Bonchev–Trinajstić information content (AvgIpc) is 2.36. The summed E-state index contributed by atoms with van der Waals surface area (Å²) in [6.45, 7) is 0. The van der Waals surface area contributed by atoms with Crippen LogP contribution >= 0.6 is 31.9 Å². The Hall–Kier alpha value is -1.26. The Bertz CT molecular complexity index is 715. The van der Waals surface area contributed by atoms with Crippen LogP contribution < -0.4 is 0 Å². The van der Waals surface area contributed by atoms with Crippen molar-refractivity contribution in [1.29, 1.82) is 0 Å². The van der Waals surface area contributed by atoms with E-state index in [0.717, 1.165) is 30.5 Å². The summed E-state index contributed by atoms with van der Waals surface area (Å²) in [6.07, 6.45) is 0. The van der Waals surface area contributed by atoms with Crippen LogP contribution in [0.4, 0.5) is 0 Å². The first-order valence-electron chi connectivity index (χ1n) is 5.30. The van der Waals surface area contributed by atoms with Gasteiger partial charge in [-0.05, 0) is 66.9 Å². The van der Waals surface area contributed by atoms with Crippen LogP contribution in [0.2, 0.25) is 0 Å². The molecule has 3 aromatic rings. The molecule has 0 saturated carbocycles. The average molecular weight is 368 g/mol. The lowest BCUT2D eigenvalue weighted by Crippen LogP contribution is -1.83. The minimum atomic E-state index is 0.230. The van der Waals surface area contributed by atoms with Crippen LogP contribution in [0, 0.1) is 0 Å². The van der Waals surface area contributed by atoms with Gasteiger partial charge in [0.15, 0.2) is 0 Å². The zero-order chi connectivity index (χ0) is 12.9. The highest BCUT2D eigenvalue weighted by atomic mass is 79.9. The Balaban J connectivity index is 2.62. The molecule has 0 fully saturated rings. The summed E-state index contributed by atoms with van der Waals surface area (Å²) in [7, 11) is 0. The van der Waals surface area contributed by atoms with Gasteiger partial charge in [-0.3, -0.25) is 0 Å². The molecule has 0 amide bonds. The first-order valence-corrected chi connectivity index (χ1v) is 6.89. The molecule has 0 saturated heterocycles. The van der Waals surface area contributed by atoms with Crippen LogP contribution in [0.15, 0.2) is 45.3 Å². The molecular weight excluding hydrogens is 360 g/mol. The second-order valence-corrected chi connectivity index (χ2v) is 5.67. The highest BCUT2D eigenvalue weighted by Gasteiger charge is 2.11. The Kier molecular flexibility index (Phi) is 2.72. The van der Waals surface area contributed by atoms with Crippen LogP contribution in [0.1, 0.15) is 0 Å². The van der Waals surface area contributed by atoms with Crippen molar-refractivity contribution in [3.63, 3.8) is 0 Å². The molecule has 0 heterocycles. The normalized spacial score (nSPS) is 11.2. The Morgan fingerprint density at radius 3 is 1.39 bits per heavy atom. The monoisotopic (exact) mass is 366 g/mol. The van der Waals surface area contributed by atoms with Gasteiger partial charge in [0, 0.05) is 19.7 Å². The van der Waals surface area contributed by atoms with Gasteiger partial charge >= 0.3 is 0 Å². The van der Waals surface area contributed by atoms with Crippen molar-refractivity contribution in [2.24, 2.45) is 0 Å². The second-order valence-electron chi connectivity index (χ2n) is 4.09. The van der Waals surface area contributed by atoms with Crippen molar-refractivity contribution >= 4 is 53.4 Å². The number of halogens is 2. The summed E-state index contributed by atoms with van der Waals surface area (Å²) >= 11 is 7.04. The van der Waals surface area contributed by atoms with E-state index in [1.807, 2.05) is 12.1 Å². The van der Waals surface area contributed by atoms with Crippen molar-refractivity contribution in [2.75, 3.05) is 0 Å². The summed E-state index contributed by atoms with van der Waals surface area (Å²) in [5.74, 6) is 0.460. The molecule has 0 spiro atoms. The summed E-state index contributed by atoms with van der Waals surface area (Å²) < 4.78 is 1.73. The maximum absolute atomic E-state index is 9.59. The van der Waals surface area contributed by atoms with E-state index in [4.69, 9.17) is 0 Å². The van der Waals surface area contributed by atoms with Gasteiger partial charge in [0.25, 0.3) is 0 Å². The fourth-order valence-corrected chi connectivity index (χ4v) is 3.22. The van der Waals surface area contributed by atoms with Gasteiger partial charge in [-0.2, -0.15) is 0 Å². The number of benzene rings is 3. The lowest BCUT2D eigenvalue weighted by atomic mass is 10.0. The molecule has 0 unspecified atom stereocenters. The summed E-state index contributed by atoms with van der Waals surface area (Å²) in [6, 6.07) is 10.5. The molecule has 4 heteroatoms. The maximum Gasteiger partial charge on any atom is 0.116 e. The van der Waals surface area contributed by atoms with E-state index < -0.39 is 0 Å². The molecule has 0 bridgehead atoms. The third kappa shape index (κ3) is 1.68. The molecule has 3 aromatic carbocycles. The van der Waals surface area contributed by atoms with Crippen LogP contribution in [0.5, 0.6) is 11.5 Å². The predicted molar refractivity (Wildman–Crippen MR) is 80.2 cm³/mol. The minimum absolute atomic E-state index is 0.230. The number of aromatic hydroxyl groups is 2. The predicted octanol–water partition coefficient (Wildman–Crippen LogP) is 4.93.